The summed E-state index contributed by atoms with van der Waals surface area (Å²) in [4.78, 5) is 44.0. The minimum atomic E-state index is -0.349. The SMILES string of the molecule is C=CCNC(=O)Cc1cc(=O)[nH]c(SCC(=O)N2CCOCC2)n1. The van der Waals surface area contributed by atoms with Crippen molar-refractivity contribution in [1.29, 1.82) is 0 Å². The summed E-state index contributed by atoms with van der Waals surface area (Å²) in [5.74, 6) is -0.0943. The third kappa shape index (κ3) is 5.82. The van der Waals surface area contributed by atoms with Crippen molar-refractivity contribution in [3.63, 3.8) is 0 Å². The standard InChI is InChI=1S/C15H20N4O4S/c1-2-3-16-12(20)8-11-9-13(21)18-15(17-11)24-10-14(22)19-4-6-23-7-5-19/h2,9H,1,3-8,10H2,(H,16,20)(H,17,18,21). The van der Waals surface area contributed by atoms with Gasteiger partial charge in [0.15, 0.2) is 5.16 Å². The molecular formula is C15H20N4O4S. The number of aromatic amines is 1. The van der Waals surface area contributed by atoms with Gasteiger partial charge in [-0.25, -0.2) is 4.98 Å². The third-order valence-corrected chi connectivity index (χ3v) is 4.11. The lowest BCUT2D eigenvalue weighted by atomic mass is 10.3. The summed E-state index contributed by atoms with van der Waals surface area (Å²) >= 11 is 1.15. The van der Waals surface area contributed by atoms with Gasteiger partial charge in [-0.2, -0.15) is 0 Å². The lowest BCUT2D eigenvalue weighted by Crippen LogP contribution is -2.41. The normalized spacial score (nSPS) is 14.2. The quantitative estimate of drug-likeness (QED) is 0.392. The molecule has 1 aliphatic heterocycles. The Bertz CT molecular complexity index is 655. The van der Waals surface area contributed by atoms with E-state index in [1.807, 2.05) is 0 Å². The molecule has 1 aromatic rings. The first-order valence-electron chi connectivity index (χ1n) is 7.54. The van der Waals surface area contributed by atoms with Crippen LogP contribution in [-0.2, 0) is 20.7 Å². The van der Waals surface area contributed by atoms with E-state index in [9.17, 15) is 14.4 Å². The summed E-state index contributed by atoms with van der Waals surface area (Å²) < 4.78 is 5.20. The molecule has 0 bridgehead atoms. The van der Waals surface area contributed by atoms with Crippen molar-refractivity contribution in [1.82, 2.24) is 20.2 Å². The van der Waals surface area contributed by atoms with Gasteiger partial charge < -0.3 is 19.9 Å². The number of rotatable bonds is 7. The maximum atomic E-state index is 12.1. The number of aromatic nitrogens is 2. The van der Waals surface area contributed by atoms with Crippen LogP contribution in [0.3, 0.4) is 0 Å². The average Bonchev–Trinajstić information content (AvgIpc) is 2.58. The van der Waals surface area contributed by atoms with E-state index < -0.39 is 0 Å². The Kier molecular flexibility index (Phi) is 7.01. The number of carbonyl (C=O) groups excluding carboxylic acids is 2. The first-order chi connectivity index (χ1) is 11.6. The summed E-state index contributed by atoms with van der Waals surface area (Å²) in [7, 11) is 0. The van der Waals surface area contributed by atoms with Crippen LogP contribution in [0.5, 0.6) is 0 Å². The fraction of sp³-hybridized carbons (Fsp3) is 0.467. The Morgan fingerprint density at radius 3 is 2.92 bits per heavy atom. The fourth-order valence-electron chi connectivity index (χ4n) is 2.09. The minimum Gasteiger partial charge on any atom is -0.378 e. The summed E-state index contributed by atoms with van der Waals surface area (Å²) in [5, 5.41) is 2.95. The number of carbonyl (C=O) groups is 2. The van der Waals surface area contributed by atoms with Crippen molar-refractivity contribution >= 4 is 23.6 Å². The van der Waals surface area contributed by atoms with Crippen LogP contribution >= 0.6 is 11.8 Å². The minimum absolute atomic E-state index is 0.00271. The lowest BCUT2D eigenvalue weighted by Gasteiger charge is -2.26. The highest BCUT2D eigenvalue weighted by Gasteiger charge is 2.17. The molecule has 1 aliphatic rings. The van der Waals surface area contributed by atoms with Gasteiger partial charge in [0.05, 0.1) is 31.1 Å². The number of nitrogens with zero attached hydrogens (tertiary/aromatic N) is 2. The molecule has 0 spiro atoms. The second-order valence-electron chi connectivity index (χ2n) is 5.09. The Morgan fingerprint density at radius 1 is 1.46 bits per heavy atom. The van der Waals surface area contributed by atoms with Crippen molar-refractivity contribution in [2.45, 2.75) is 11.6 Å². The lowest BCUT2D eigenvalue weighted by molar-refractivity contribution is -0.132. The zero-order valence-corrected chi connectivity index (χ0v) is 14.1. The molecule has 0 aromatic carbocycles. The Morgan fingerprint density at radius 2 is 2.21 bits per heavy atom. The summed E-state index contributed by atoms with van der Waals surface area (Å²) in [5.41, 5.74) is 0.0134. The second kappa shape index (κ2) is 9.24. The van der Waals surface area contributed by atoms with Crippen LogP contribution in [0.25, 0.3) is 0 Å². The van der Waals surface area contributed by atoms with E-state index >= 15 is 0 Å². The van der Waals surface area contributed by atoms with Gasteiger partial charge in [-0.15, -0.1) is 6.58 Å². The van der Waals surface area contributed by atoms with E-state index in [2.05, 4.69) is 21.9 Å². The molecule has 9 heteroatoms. The largest absolute Gasteiger partial charge is 0.378 e. The van der Waals surface area contributed by atoms with Crippen LogP contribution in [0.2, 0.25) is 0 Å². The third-order valence-electron chi connectivity index (χ3n) is 3.25. The van der Waals surface area contributed by atoms with Crippen LogP contribution in [0.15, 0.2) is 28.7 Å². The van der Waals surface area contributed by atoms with Gasteiger partial charge in [0.1, 0.15) is 0 Å². The Labute approximate surface area is 143 Å². The zero-order valence-electron chi connectivity index (χ0n) is 13.2. The smallest absolute Gasteiger partial charge is 0.251 e. The van der Waals surface area contributed by atoms with Crippen LogP contribution in [0.1, 0.15) is 5.69 Å². The van der Waals surface area contributed by atoms with Crippen LogP contribution < -0.4 is 10.9 Å². The van der Waals surface area contributed by atoms with Gasteiger partial charge in [-0.3, -0.25) is 14.4 Å². The molecule has 0 unspecified atom stereocenters. The van der Waals surface area contributed by atoms with Crippen LogP contribution in [0, 0.1) is 0 Å². The number of hydrogen-bond acceptors (Lipinski definition) is 6. The first kappa shape index (κ1) is 18.2. The molecule has 130 valence electrons. The summed E-state index contributed by atoms with van der Waals surface area (Å²) in [6.45, 7) is 6.11. The molecule has 2 N–H and O–H groups in total. The van der Waals surface area contributed by atoms with E-state index in [-0.39, 0.29) is 29.5 Å². The van der Waals surface area contributed by atoms with Crippen LogP contribution in [0.4, 0.5) is 0 Å². The van der Waals surface area contributed by atoms with E-state index in [0.29, 0.717) is 43.7 Å². The highest BCUT2D eigenvalue weighted by molar-refractivity contribution is 7.99. The number of thioether (sulfide) groups is 1. The topological polar surface area (TPSA) is 104 Å². The second-order valence-corrected chi connectivity index (χ2v) is 6.06. The molecule has 1 aromatic heterocycles. The van der Waals surface area contributed by atoms with Crippen molar-refractivity contribution in [3.8, 4) is 0 Å². The average molecular weight is 352 g/mol. The van der Waals surface area contributed by atoms with Gasteiger partial charge in [-0.1, -0.05) is 17.8 Å². The highest BCUT2D eigenvalue weighted by atomic mass is 32.2. The molecule has 0 radical (unpaired) electrons. The summed E-state index contributed by atoms with van der Waals surface area (Å²) in [6.07, 6.45) is 1.57. The summed E-state index contributed by atoms with van der Waals surface area (Å²) in [6, 6.07) is 1.28. The molecule has 0 atom stereocenters. The van der Waals surface area contributed by atoms with Crippen molar-refractivity contribution in [3.05, 3.63) is 34.8 Å². The van der Waals surface area contributed by atoms with Gasteiger partial charge >= 0.3 is 0 Å². The van der Waals surface area contributed by atoms with E-state index in [1.165, 1.54) is 6.07 Å². The molecule has 24 heavy (non-hydrogen) atoms. The number of H-pyrrole nitrogens is 1. The number of ether oxygens (including phenoxy) is 1. The fourth-order valence-corrected chi connectivity index (χ4v) is 2.89. The molecule has 0 aliphatic carbocycles. The molecule has 2 amide bonds. The van der Waals surface area contributed by atoms with Gasteiger partial charge in [0.2, 0.25) is 11.8 Å². The monoisotopic (exact) mass is 352 g/mol. The Hall–Kier alpha value is -2.13. The molecule has 0 saturated carbocycles. The first-order valence-corrected chi connectivity index (χ1v) is 8.53. The molecule has 8 nitrogen and oxygen atoms in total. The molecule has 2 rings (SSSR count). The predicted octanol–water partition coefficient (Wildman–Crippen LogP) is -0.434. The maximum Gasteiger partial charge on any atom is 0.251 e. The van der Waals surface area contributed by atoms with E-state index in [1.54, 1.807) is 11.0 Å². The zero-order chi connectivity index (χ0) is 17.4. The molecule has 1 fully saturated rings. The van der Waals surface area contributed by atoms with E-state index in [4.69, 9.17) is 4.74 Å². The number of morpholine rings is 1. The maximum absolute atomic E-state index is 12.1. The molecule has 1 saturated heterocycles. The van der Waals surface area contributed by atoms with Gasteiger partial charge in [0.25, 0.3) is 5.56 Å². The van der Waals surface area contributed by atoms with E-state index in [0.717, 1.165) is 11.8 Å². The van der Waals surface area contributed by atoms with Crippen molar-refractivity contribution in [2.24, 2.45) is 0 Å². The van der Waals surface area contributed by atoms with Gasteiger partial charge in [-0.05, 0) is 0 Å². The number of hydrogen-bond donors (Lipinski definition) is 2. The predicted molar refractivity (Wildman–Crippen MR) is 89.9 cm³/mol. The Balaban J connectivity index is 1.92. The van der Waals surface area contributed by atoms with Crippen molar-refractivity contribution in [2.75, 3.05) is 38.6 Å². The molecule has 2 heterocycles. The van der Waals surface area contributed by atoms with Crippen LogP contribution in [-0.4, -0.2) is 65.3 Å². The highest BCUT2D eigenvalue weighted by Crippen LogP contribution is 2.13. The van der Waals surface area contributed by atoms with Crippen molar-refractivity contribution < 1.29 is 14.3 Å². The number of nitrogens with one attached hydrogen (secondary N) is 2. The molecular weight excluding hydrogens is 332 g/mol. The van der Waals surface area contributed by atoms with Gasteiger partial charge in [0, 0.05) is 25.7 Å². The number of amides is 2.